The molecular weight excluding hydrogens is 636 g/mol. The predicted octanol–water partition coefficient (Wildman–Crippen LogP) is 4.17. The van der Waals surface area contributed by atoms with Crippen LogP contribution in [0.1, 0.15) is 24.4 Å². The van der Waals surface area contributed by atoms with Crippen LogP contribution in [0, 0.1) is 0 Å². The van der Waals surface area contributed by atoms with E-state index in [0.29, 0.717) is 37.8 Å². The molecule has 3 aliphatic rings. The Morgan fingerprint density at radius 1 is 0.860 bits per heavy atom. The number of hydrogen-bond donors (Lipinski definition) is 2. The van der Waals surface area contributed by atoms with E-state index in [1.165, 1.54) is 12.7 Å². The number of aromatic nitrogens is 4. The van der Waals surface area contributed by atoms with Gasteiger partial charge in [0.15, 0.2) is 11.5 Å². The van der Waals surface area contributed by atoms with Gasteiger partial charge in [-0.15, -0.1) is 0 Å². The van der Waals surface area contributed by atoms with Gasteiger partial charge in [-0.3, -0.25) is 0 Å². The summed E-state index contributed by atoms with van der Waals surface area (Å²) in [5, 5.41) is 11.5. The van der Waals surface area contributed by atoms with E-state index in [-0.39, 0.29) is 18.2 Å². The molecule has 4 aromatic rings. The monoisotopic (exact) mass is 682 g/mol. The quantitative estimate of drug-likeness (QED) is 0.279. The molecule has 0 bridgehead atoms. The maximum atomic E-state index is 12.9. The van der Waals surface area contributed by atoms with Crippen molar-refractivity contribution in [2.75, 3.05) is 102 Å². The first-order chi connectivity index (χ1) is 24.4. The predicted molar refractivity (Wildman–Crippen MR) is 193 cm³/mol. The Labute approximate surface area is 292 Å². The summed E-state index contributed by atoms with van der Waals surface area (Å²) < 4.78 is 12.5. The molecule has 0 atom stereocenters. The van der Waals surface area contributed by atoms with Gasteiger partial charge in [0.1, 0.15) is 5.82 Å². The van der Waals surface area contributed by atoms with Crippen LogP contribution in [-0.4, -0.2) is 133 Å². The van der Waals surface area contributed by atoms with Gasteiger partial charge < -0.3 is 39.7 Å². The minimum atomic E-state index is -0.308. The highest BCUT2D eigenvalue weighted by Crippen LogP contribution is 2.32. The Kier molecular flexibility index (Phi) is 10.4. The summed E-state index contributed by atoms with van der Waals surface area (Å²) in [6, 6.07) is 15.4. The SMILES string of the molecule is COC(=O)N1CCC(n2ncc3c(N4CCOCC4)nc(-c4ccc(NC(=O)Nc5ccc(CCN6CCN(C)CC6)cc5)cc4)nc32)CC1. The summed E-state index contributed by atoms with van der Waals surface area (Å²) in [5.74, 6) is 1.41. The molecule has 7 rings (SSSR count). The van der Waals surface area contributed by atoms with Gasteiger partial charge in [0.25, 0.3) is 0 Å². The first kappa shape index (κ1) is 33.7. The molecule has 2 aromatic carbocycles. The number of piperazine rings is 1. The van der Waals surface area contributed by atoms with Gasteiger partial charge in [0.05, 0.1) is 37.9 Å². The zero-order valence-corrected chi connectivity index (χ0v) is 28.9. The number of likely N-dealkylation sites (tertiary alicyclic amines) is 1. The fraction of sp³-hybridized carbons (Fsp3) is 0.472. The molecule has 3 saturated heterocycles. The molecule has 14 heteroatoms. The third kappa shape index (κ3) is 7.82. The van der Waals surface area contributed by atoms with Crippen molar-refractivity contribution < 1.29 is 19.1 Å². The van der Waals surface area contributed by atoms with Gasteiger partial charge in [0, 0.05) is 75.8 Å². The van der Waals surface area contributed by atoms with E-state index in [4.69, 9.17) is 24.5 Å². The van der Waals surface area contributed by atoms with Gasteiger partial charge in [-0.25, -0.2) is 24.2 Å². The Morgan fingerprint density at radius 3 is 2.18 bits per heavy atom. The first-order valence-corrected chi connectivity index (χ1v) is 17.5. The van der Waals surface area contributed by atoms with Crippen molar-refractivity contribution >= 4 is 40.4 Å². The fourth-order valence-electron chi connectivity index (χ4n) is 6.85. The number of carbonyl (C=O) groups is 2. The molecule has 0 aliphatic carbocycles. The molecule has 0 saturated carbocycles. The molecule has 3 amide bonds. The van der Waals surface area contributed by atoms with Crippen LogP contribution in [0.25, 0.3) is 22.4 Å². The number of fused-ring (bicyclic) bond motifs is 1. The van der Waals surface area contributed by atoms with E-state index in [9.17, 15) is 9.59 Å². The summed E-state index contributed by atoms with van der Waals surface area (Å²) in [7, 11) is 3.58. The summed E-state index contributed by atoms with van der Waals surface area (Å²) in [4.78, 5) is 43.8. The van der Waals surface area contributed by atoms with Crippen molar-refractivity contribution in [2.45, 2.75) is 25.3 Å². The van der Waals surface area contributed by atoms with Crippen molar-refractivity contribution in [1.82, 2.24) is 34.4 Å². The van der Waals surface area contributed by atoms with E-state index in [1.54, 1.807) is 4.90 Å². The highest BCUT2D eigenvalue weighted by molar-refractivity contribution is 6.00. The number of rotatable bonds is 8. The number of benzene rings is 2. The second-order valence-corrected chi connectivity index (χ2v) is 13.2. The van der Waals surface area contributed by atoms with Crippen molar-refractivity contribution in [3.05, 3.63) is 60.3 Å². The van der Waals surface area contributed by atoms with Gasteiger partial charge in [-0.1, -0.05) is 12.1 Å². The van der Waals surface area contributed by atoms with Gasteiger partial charge in [-0.05, 0) is 68.3 Å². The van der Waals surface area contributed by atoms with Crippen LogP contribution in [0.15, 0.2) is 54.7 Å². The lowest BCUT2D eigenvalue weighted by molar-refractivity contribution is 0.106. The second-order valence-electron chi connectivity index (χ2n) is 13.2. The van der Waals surface area contributed by atoms with Gasteiger partial charge in [-0.2, -0.15) is 5.10 Å². The van der Waals surface area contributed by atoms with E-state index < -0.39 is 0 Å². The highest BCUT2D eigenvalue weighted by Gasteiger charge is 2.28. The number of morpholine rings is 1. The van der Waals surface area contributed by atoms with Crippen molar-refractivity contribution in [1.29, 1.82) is 0 Å². The van der Waals surface area contributed by atoms with Crippen molar-refractivity contribution in [3.8, 4) is 11.4 Å². The minimum absolute atomic E-state index is 0.0945. The maximum absolute atomic E-state index is 12.9. The van der Waals surface area contributed by atoms with Crippen LogP contribution in [0.5, 0.6) is 0 Å². The molecule has 3 fully saturated rings. The van der Waals surface area contributed by atoms with Crippen LogP contribution in [0.3, 0.4) is 0 Å². The number of methoxy groups -OCH3 is 1. The van der Waals surface area contributed by atoms with E-state index in [0.717, 1.165) is 93.2 Å². The summed E-state index contributed by atoms with van der Waals surface area (Å²) >= 11 is 0. The third-order valence-corrected chi connectivity index (χ3v) is 9.91. The molecule has 5 heterocycles. The normalized spacial score (nSPS) is 18.0. The molecule has 0 radical (unpaired) electrons. The van der Waals surface area contributed by atoms with Crippen LogP contribution < -0.4 is 15.5 Å². The molecule has 50 heavy (non-hydrogen) atoms. The lowest BCUT2D eigenvalue weighted by atomic mass is 10.1. The molecule has 0 unspecified atom stereocenters. The van der Waals surface area contributed by atoms with E-state index in [1.807, 2.05) is 47.3 Å². The second kappa shape index (κ2) is 15.4. The molecule has 14 nitrogen and oxygen atoms in total. The number of hydrogen-bond acceptors (Lipinski definition) is 10. The summed E-state index contributed by atoms with van der Waals surface area (Å²) in [6.07, 6.45) is 4.05. The topological polar surface area (TPSA) is 133 Å². The number of nitrogens with zero attached hydrogens (tertiary/aromatic N) is 8. The van der Waals surface area contributed by atoms with Gasteiger partial charge >= 0.3 is 12.1 Å². The van der Waals surface area contributed by atoms with Crippen molar-refractivity contribution in [3.63, 3.8) is 0 Å². The fourth-order valence-corrected chi connectivity index (χ4v) is 6.85. The average molecular weight is 683 g/mol. The van der Waals surface area contributed by atoms with Crippen LogP contribution >= 0.6 is 0 Å². The zero-order valence-electron chi connectivity index (χ0n) is 28.9. The lowest BCUT2D eigenvalue weighted by Crippen LogP contribution is -2.45. The number of amides is 3. The smallest absolute Gasteiger partial charge is 0.409 e. The average Bonchev–Trinajstić information content (AvgIpc) is 3.59. The third-order valence-electron chi connectivity index (χ3n) is 9.91. The zero-order chi connectivity index (χ0) is 34.5. The summed E-state index contributed by atoms with van der Waals surface area (Å²) in [5.41, 5.74) is 4.25. The number of piperidine rings is 1. The van der Waals surface area contributed by atoms with Crippen LogP contribution in [0.2, 0.25) is 0 Å². The maximum Gasteiger partial charge on any atom is 0.409 e. The molecule has 264 valence electrons. The first-order valence-electron chi connectivity index (χ1n) is 17.5. The number of urea groups is 1. The van der Waals surface area contributed by atoms with Crippen LogP contribution in [0.4, 0.5) is 26.8 Å². The minimum Gasteiger partial charge on any atom is -0.453 e. The summed E-state index contributed by atoms with van der Waals surface area (Å²) in [6.45, 7) is 9.41. The van der Waals surface area contributed by atoms with E-state index >= 15 is 0 Å². The lowest BCUT2D eigenvalue weighted by Gasteiger charge is -2.32. The number of carbonyl (C=O) groups excluding carboxylic acids is 2. The van der Waals surface area contributed by atoms with Gasteiger partial charge in [0.2, 0.25) is 0 Å². The molecule has 3 aliphatic heterocycles. The Bertz CT molecular complexity index is 1760. The largest absolute Gasteiger partial charge is 0.453 e. The van der Waals surface area contributed by atoms with E-state index in [2.05, 4.69) is 44.5 Å². The highest BCUT2D eigenvalue weighted by atomic mass is 16.5. The molecule has 0 spiro atoms. The standard InChI is InChI=1S/C36H46N10O4/c1-42-17-19-43(20-18-42)14-11-26-3-7-28(8-4-26)38-35(47)39-29-9-5-27(6-10-29)32-40-33(44-21-23-50-24-22-44)31-25-37-46(34(31)41-32)30-12-15-45(16-13-30)36(48)49-2/h3-10,25,30H,11-24H2,1-2H3,(H2,38,39,47). The van der Waals surface area contributed by atoms with Crippen LogP contribution in [-0.2, 0) is 15.9 Å². The Balaban J connectivity index is 1.02. The Hall–Kier alpha value is -4.79. The number of nitrogens with one attached hydrogen (secondary N) is 2. The molecular formula is C36H46N10O4. The molecule has 2 N–H and O–H groups in total. The Morgan fingerprint density at radius 2 is 1.52 bits per heavy atom. The number of ether oxygens (including phenoxy) is 2. The van der Waals surface area contributed by atoms with Crippen molar-refractivity contribution in [2.24, 2.45) is 0 Å². The number of anilines is 3. The number of likely N-dealkylation sites (N-methyl/N-ethyl adjacent to an activating group) is 1. The molecule has 2 aromatic heterocycles.